The van der Waals surface area contributed by atoms with E-state index in [0.717, 1.165) is 0 Å². The van der Waals surface area contributed by atoms with Gasteiger partial charge in [0.1, 0.15) is 0 Å². The van der Waals surface area contributed by atoms with E-state index >= 15 is 0 Å². The van der Waals surface area contributed by atoms with Gasteiger partial charge >= 0.3 is 0 Å². The molecule has 0 aliphatic carbocycles. The minimum absolute atomic E-state index is 0.715. The highest BCUT2D eigenvalue weighted by Crippen LogP contribution is 1.99. The zero-order valence-corrected chi connectivity index (χ0v) is 8.80. The average molecular weight is 202 g/mol. The molecule has 0 heterocycles. The maximum absolute atomic E-state index is 9.19. The van der Waals surface area contributed by atoms with Gasteiger partial charge < -0.3 is 0 Å². The Morgan fingerprint density at radius 1 is 1.00 bits per heavy atom. The maximum Gasteiger partial charge on any atom is 0.261 e. The Hall–Kier alpha value is -0.870. The van der Waals surface area contributed by atoms with Crippen LogP contribution in [0.1, 0.15) is 11.1 Å². The van der Waals surface area contributed by atoms with Gasteiger partial charge in [-0.25, -0.2) is 0 Å². The molecule has 0 aromatic heterocycles. The van der Waals surface area contributed by atoms with Crippen molar-refractivity contribution >= 4 is 10.1 Å². The van der Waals surface area contributed by atoms with Gasteiger partial charge in [-0.1, -0.05) is 35.4 Å². The molecule has 0 saturated carbocycles. The highest BCUT2D eigenvalue weighted by atomic mass is 32.2. The van der Waals surface area contributed by atoms with Gasteiger partial charge in [0, 0.05) is 0 Å². The van der Waals surface area contributed by atoms with Gasteiger partial charge in [0.15, 0.2) is 0 Å². The van der Waals surface area contributed by atoms with Crippen LogP contribution in [0.3, 0.4) is 0 Å². The lowest BCUT2D eigenvalue weighted by Gasteiger charge is -1.90. The third-order valence-electron chi connectivity index (χ3n) is 1.22. The number of hydrogen-bond acceptors (Lipinski definition) is 2. The van der Waals surface area contributed by atoms with Crippen LogP contribution in [0.15, 0.2) is 24.3 Å². The zero-order chi connectivity index (χ0) is 10.5. The SMILES string of the molecule is CS(=O)(=O)O.Cc1ccc(C)cc1. The minimum atomic E-state index is -3.67. The minimum Gasteiger partial charge on any atom is -0.286 e. The zero-order valence-electron chi connectivity index (χ0n) is 7.98. The summed E-state index contributed by atoms with van der Waals surface area (Å²) in [6, 6.07) is 8.48. The third kappa shape index (κ3) is 11.1. The van der Waals surface area contributed by atoms with E-state index in [-0.39, 0.29) is 0 Å². The topological polar surface area (TPSA) is 54.4 Å². The van der Waals surface area contributed by atoms with Crippen LogP contribution in [0.5, 0.6) is 0 Å². The van der Waals surface area contributed by atoms with Crippen molar-refractivity contribution in [3.8, 4) is 0 Å². The summed E-state index contributed by atoms with van der Waals surface area (Å²) in [5.41, 5.74) is 2.66. The van der Waals surface area contributed by atoms with E-state index in [9.17, 15) is 8.42 Å². The monoisotopic (exact) mass is 202 g/mol. The predicted molar refractivity (Wildman–Crippen MR) is 53.4 cm³/mol. The summed E-state index contributed by atoms with van der Waals surface area (Å²) in [4.78, 5) is 0. The molecule has 4 heteroatoms. The first-order chi connectivity index (χ1) is 5.79. The van der Waals surface area contributed by atoms with Crippen LogP contribution in [0.2, 0.25) is 0 Å². The van der Waals surface area contributed by atoms with Crippen LogP contribution in [-0.4, -0.2) is 19.2 Å². The lowest BCUT2D eigenvalue weighted by Crippen LogP contribution is -1.88. The van der Waals surface area contributed by atoms with E-state index in [1.54, 1.807) is 0 Å². The summed E-state index contributed by atoms with van der Waals surface area (Å²) >= 11 is 0. The molecule has 0 aliphatic heterocycles. The molecule has 0 fully saturated rings. The second-order valence-corrected chi connectivity index (χ2v) is 4.35. The van der Waals surface area contributed by atoms with Gasteiger partial charge in [-0.2, -0.15) is 8.42 Å². The molecule has 0 atom stereocenters. The Bertz CT molecular complexity index is 309. The Kier molecular flexibility index (Phi) is 4.66. The number of benzene rings is 1. The Labute approximate surface area is 79.2 Å². The van der Waals surface area contributed by atoms with Crippen LogP contribution >= 0.6 is 0 Å². The van der Waals surface area contributed by atoms with Crippen LogP contribution in [0, 0.1) is 13.8 Å². The molecule has 1 rings (SSSR count). The highest BCUT2D eigenvalue weighted by molar-refractivity contribution is 7.85. The lowest BCUT2D eigenvalue weighted by atomic mass is 10.2. The van der Waals surface area contributed by atoms with Crippen LogP contribution in [-0.2, 0) is 10.1 Å². The van der Waals surface area contributed by atoms with E-state index in [4.69, 9.17) is 4.55 Å². The van der Waals surface area contributed by atoms with Crippen molar-refractivity contribution in [2.45, 2.75) is 13.8 Å². The number of aryl methyl sites for hydroxylation is 2. The van der Waals surface area contributed by atoms with Gasteiger partial charge in [-0.15, -0.1) is 0 Å². The normalized spacial score (nSPS) is 10.2. The van der Waals surface area contributed by atoms with E-state index in [1.165, 1.54) is 11.1 Å². The van der Waals surface area contributed by atoms with E-state index in [2.05, 4.69) is 38.1 Å². The summed E-state index contributed by atoms with van der Waals surface area (Å²) in [6.07, 6.45) is 0.715. The molecule has 0 bridgehead atoms. The molecule has 1 N–H and O–H groups in total. The summed E-state index contributed by atoms with van der Waals surface area (Å²) in [5.74, 6) is 0. The Morgan fingerprint density at radius 3 is 1.31 bits per heavy atom. The predicted octanol–water partition coefficient (Wildman–Crippen LogP) is 1.81. The van der Waals surface area contributed by atoms with Crippen molar-refractivity contribution in [3.63, 3.8) is 0 Å². The van der Waals surface area contributed by atoms with E-state index < -0.39 is 10.1 Å². The van der Waals surface area contributed by atoms with Crippen molar-refractivity contribution in [1.29, 1.82) is 0 Å². The quantitative estimate of drug-likeness (QED) is 0.653. The van der Waals surface area contributed by atoms with Crippen molar-refractivity contribution in [1.82, 2.24) is 0 Å². The van der Waals surface area contributed by atoms with E-state index in [0.29, 0.717) is 6.26 Å². The van der Waals surface area contributed by atoms with Crippen LogP contribution in [0.4, 0.5) is 0 Å². The van der Waals surface area contributed by atoms with E-state index in [1.807, 2.05) is 0 Å². The van der Waals surface area contributed by atoms with Crippen molar-refractivity contribution in [3.05, 3.63) is 35.4 Å². The largest absolute Gasteiger partial charge is 0.286 e. The summed E-state index contributed by atoms with van der Waals surface area (Å²) in [5, 5.41) is 0. The summed E-state index contributed by atoms with van der Waals surface area (Å²) < 4.78 is 25.9. The molecule has 74 valence electrons. The first-order valence-corrected chi connectivity index (χ1v) is 5.59. The standard InChI is InChI=1S/C8H10.CH4O3S/c1-7-3-5-8(2)6-4-7;1-5(2,3)4/h3-6H,1-2H3;1H3,(H,2,3,4). The summed E-state index contributed by atoms with van der Waals surface area (Å²) in [6.45, 7) is 4.19. The Morgan fingerprint density at radius 2 is 1.15 bits per heavy atom. The van der Waals surface area contributed by atoms with Gasteiger partial charge in [0.05, 0.1) is 6.26 Å². The van der Waals surface area contributed by atoms with Gasteiger partial charge in [-0.3, -0.25) is 4.55 Å². The molecule has 0 amide bonds. The lowest BCUT2D eigenvalue weighted by molar-refractivity contribution is 0.490. The van der Waals surface area contributed by atoms with Crippen LogP contribution in [0.25, 0.3) is 0 Å². The number of hydrogen-bond donors (Lipinski definition) is 1. The Balaban J connectivity index is 0.000000252. The second-order valence-electron chi connectivity index (χ2n) is 2.89. The molecule has 0 unspecified atom stereocenters. The molecular weight excluding hydrogens is 188 g/mol. The molecule has 0 radical (unpaired) electrons. The maximum atomic E-state index is 9.19. The fraction of sp³-hybridized carbons (Fsp3) is 0.333. The van der Waals surface area contributed by atoms with Crippen molar-refractivity contribution in [2.75, 3.05) is 6.26 Å². The molecule has 13 heavy (non-hydrogen) atoms. The highest BCUT2D eigenvalue weighted by Gasteiger charge is 1.81. The third-order valence-corrected chi connectivity index (χ3v) is 1.22. The fourth-order valence-corrected chi connectivity index (χ4v) is 0.637. The molecular formula is C9H14O3S. The van der Waals surface area contributed by atoms with Crippen molar-refractivity contribution < 1.29 is 13.0 Å². The smallest absolute Gasteiger partial charge is 0.261 e. The molecule has 0 spiro atoms. The molecule has 3 nitrogen and oxygen atoms in total. The molecule has 0 aliphatic rings. The molecule has 1 aromatic carbocycles. The number of rotatable bonds is 0. The molecule has 0 saturated heterocycles. The average Bonchev–Trinajstić information content (AvgIpc) is 1.92. The van der Waals surface area contributed by atoms with Crippen molar-refractivity contribution in [2.24, 2.45) is 0 Å². The van der Waals surface area contributed by atoms with Gasteiger partial charge in [0.2, 0.25) is 0 Å². The van der Waals surface area contributed by atoms with Crippen LogP contribution < -0.4 is 0 Å². The fourth-order valence-electron chi connectivity index (χ4n) is 0.637. The first-order valence-electron chi connectivity index (χ1n) is 3.75. The van der Waals surface area contributed by atoms with Gasteiger partial charge in [0.25, 0.3) is 10.1 Å². The molecule has 1 aromatic rings. The van der Waals surface area contributed by atoms with Gasteiger partial charge in [-0.05, 0) is 13.8 Å². The first kappa shape index (κ1) is 12.1. The summed E-state index contributed by atoms with van der Waals surface area (Å²) in [7, 11) is -3.67. The second kappa shape index (κ2) is 4.99.